The largest absolute Gasteiger partial charge is 0.467 e. The topological polar surface area (TPSA) is 61.2 Å². The van der Waals surface area contributed by atoms with Gasteiger partial charge in [-0.25, -0.2) is 9.78 Å². The van der Waals surface area contributed by atoms with Crippen LogP contribution in [0.5, 0.6) is 0 Å². The maximum atomic E-state index is 12.8. The Morgan fingerprint density at radius 1 is 1.35 bits per heavy atom. The molecule has 0 N–H and O–H groups in total. The SMILES string of the molecule is COC(=O)C(C)n1cnc2scc(-c3ccc(Br)cc3)c2c1=O. The van der Waals surface area contributed by atoms with E-state index in [0.717, 1.165) is 15.6 Å². The number of carbonyl (C=O) groups is 1. The third-order valence-corrected chi connectivity index (χ3v) is 5.05. The first-order chi connectivity index (χ1) is 11.0. The smallest absolute Gasteiger partial charge is 0.328 e. The number of benzene rings is 1. The van der Waals surface area contributed by atoms with Crippen molar-refractivity contribution in [2.75, 3.05) is 7.11 Å². The van der Waals surface area contributed by atoms with Crippen molar-refractivity contribution >= 4 is 43.5 Å². The van der Waals surface area contributed by atoms with Gasteiger partial charge in [0.15, 0.2) is 0 Å². The molecule has 3 rings (SSSR count). The van der Waals surface area contributed by atoms with Gasteiger partial charge in [-0.1, -0.05) is 28.1 Å². The van der Waals surface area contributed by atoms with Gasteiger partial charge in [0.25, 0.3) is 5.56 Å². The first kappa shape index (κ1) is 15.9. The van der Waals surface area contributed by atoms with Gasteiger partial charge < -0.3 is 4.74 Å². The van der Waals surface area contributed by atoms with E-state index >= 15 is 0 Å². The molecule has 0 saturated heterocycles. The minimum absolute atomic E-state index is 0.243. The molecule has 0 aliphatic heterocycles. The van der Waals surface area contributed by atoms with E-state index in [-0.39, 0.29) is 5.56 Å². The Kier molecular flexibility index (Phi) is 4.32. The van der Waals surface area contributed by atoms with Crippen LogP contribution in [0.25, 0.3) is 21.3 Å². The fourth-order valence-electron chi connectivity index (χ4n) is 2.35. The highest BCUT2D eigenvalue weighted by molar-refractivity contribution is 9.10. The summed E-state index contributed by atoms with van der Waals surface area (Å²) in [7, 11) is 1.30. The van der Waals surface area contributed by atoms with Gasteiger partial charge >= 0.3 is 5.97 Å². The van der Waals surface area contributed by atoms with Crippen molar-refractivity contribution < 1.29 is 9.53 Å². The number of hydrogen-bond donors (Lipinski definition) is 0. The van der Waals surface area contributed by atoms with Crippen LogP contribution in [0.2, 0.25) is 0 Å². The third kappa shape index (κ3) is 2.82. The van der Waals surface area contributed by atoms with E-state index in [1.807, 2.05) is 29.6 Å². The van der Waals surface area contributed by atoms with Crippen molar-refractivity contribution in [1.29, 1.82) is 0 Å². The molecule has 1 atom stereocenters. The molecule has 0 amide bonds. The summed E-state index contributed by atoms with van der Waals surface area (Å²) >= 11 is 4.81. The first-order valence-corrected chi connectivity index (χ1v) is 8.52. The lowest BCUT2D eigenvalue weighted by Gasteiger charge is -2.12. The highest BCUT2D eigenvalue weighted by Gasteiger charge is 2.20. The lowest BCUT2D eigenvalue weighted by molar-refractivity contribution is -0.144. The molecule has 7 heteroatoms. The monoisotopic (exact) mass is 392 g/mol. The van der Waals surface area contributed by atoms with Crippen molar-refractivity contribution in [2.45, 2.75) is 13.0 Å². The first-order valence-electron chi connectivity index (χ1n) is 6.85. The molecule has 23 heavy (non-hydrogen) atoms. The van der Waals surface area contributed by atoms with Crippen LogP contribution in [-0.2, 0) is 9.53 Å². The Bertz CT molecular complexity index is 931. The van der Waals surface area contributed by atoms with Crippen LogP contribution in [0, 0.1) is 0 Å². The van der Waals surface area contributed by atoms with Crippen LogP contribution in [0.4, 0.5) is 0 Å². The van der Waals surface area contributed by atoms with Crippen molar-refractivity contribution in [3.05, 3.63) is 50.8 Å². The average Bonchev–Trinajstić information content (AvgIpc) is 2.99. The van der Waals surface area contributed by atoms with Crippen LogP contribution < -0.4 is 5.56 Å². The zero-order valence-electron chi connectivity index (χ0n) is 12.4. The van der Waals surface area contributed by atoms with Crippen LogP contribution in [-0.4, -0.2) is 22.6 Å². The molecular weight excluding hydrogens is 380 g/mol. The predicted molar refractivity (Wildman–Crippen MR) is 93.7 cm³/mol. The van der Waals surface area contributed by atoms with E-state index in [1.165, 1.54) is 29.3 Å². The Hall–Kier alpha value is -1.99. The van der Waals surface area contributed by atoms with E-state index in [4.69, 9.17) is 4.74 Å². The van der Waals surface area contributed by atoms with E-state index < -0.39 is 12.0 Å². The number of aromatic nitrogens is 2. The van der Waals surface area contributed by atoms with Gasteiger partial charge in [-0.2, -0.15) is 0 Å². The fourth-order valence-corrected chi connectivity index (χ4v) is 3.52. The highest BCUT2D eigenvalue weighted by atomic mass is 79.9. The molecule has 1 unspecified atom stereocenters. The molecule has 1 aromatic carbocycles. The Labute approximate surface area is 144 Å². The molecule has 3 aromatic rings. The molecule has 0 saturated carbocycles. The number of methoxy groups -OCH3 is 1. The third-order valence-electron chi connectivity index (χ3n) is 3.63. The summed E-state index contributed by atoms with van der Waals surface area (Å²) in [6, 6.07) is 7.00. The number of hydrogen-bond acceptors (Lipinski definition) is 5. The molecule has 0 radical (unpaired) electrons. The summed E-state index contributed by atoms with van der Waals surface area (Å²) in [6.07, 6.45) is 1.40. The standard InChI is InChI=1S/C16H13BrN2O3S/c1-9(16(21)22-2)19-8-18-14-13(15(19)20)12(7-23-14)10-3-5-11(17)6-4-10/h3-9H,1-2H3. The maximum Gasteiger partial charge on any atom is 0.328 e. The molecule has 0 spiro atoms. The zero-order valence-corrected chi connectivity index (χ0v) is 14.8. The van der Waals surface area contributed by atoms with Gasteiger partial charge in [0.2, 0.25) is 0 Å². The second-order valence-electron chi connectivity index (χ2n) is 4.99. The maximum absolute atomic E-state index is 12.8. The van der Waals surface area contributed by atoms with E-state index in [0.29, 0.717) is 10.2 Å². The molecule has 2 aromatic heterocycles. The van der Waals surface area contributed by atoms with Gasteiger partial charge in [0.1, 0.15) is 10.9 Å². The summed E-state index contributed by atoms with van der Waals surface area (Å²) in [5.41, 5.74) is 1.51. The van der Waals surface area contributed by atoms with Crippen LogP contribution in [0.15, 0.2) is 45.2 Å². The quantitative estimate of drug-likeness (QED) is 0.638. The lowest BCUT2D eigenvalue weighted by Crippen LogP contribution is -2.29. The second-order valence-corrected chi connectivity index (χ2v) is 6.77. The highest BCUT2D eigenvalue weighted by Crippen LogP contribution is 2.31. The van der Waals surface area contributed by atoms with Crippen molar-refractivity contribution in [3.8, 4) is 11.1 Å². The number of esters is 1. The lowest BCUT2D eigenvalue weighted by atomic mass is 10.1. The van der Waals surface area contributed by atoms with Gasteiger partial charge in [-0.3, -0.25) is 9.36 Å². The molecule has 5 nitrogen and oxygen atoms in total. The number of ether oxygens (including phenoxy) is 1. The van der Waals surface area contributed by atoms with E-state index in [1.54, 1.807) is 6.92 Å². The summed E-state index contributed by atoms with van der Waals surface area (Å²) in [4.78, 5) is 29.5. The summed E-state index contributed by atoms with van der Waals surface area (Å²) in [6.45, 7) is 1.62. The van der Waals surface area contributed by atoms with Gasteiger partial charge in [-0.05, 0) is 24.6 Å². The molecule has 118 valence electrons. The summed E-state index contributed by atoms with van der Waals surface area (Å²) in [5, 5.41) is 2.44. The van der Waals surface area contributed by atoms with Crippen LogP contribution in [0.1, 0.15) is 13.0 Å². The summed E-state index contributed by atoms with van der Waals surface area (Å²) < 4.78 is 6.99. The summed E-state index contributed by atoms with van der Waals surface area (Å²) in [5.74, 6) is -0.478. The van der Waals surface area contributed by atoms with Crippen molar-refractivity contribution in [1.82, 2.24) is 9.55 Å². The number of fused-ring (bicyclic) bond motifs is 1. The van der Waals surface area contributed by atoms with Gasteiger partial charge in [0.05, 0.1) is 18.8 Å². The number of thiophene rings is 1. The Morgan fingerprint density at radius 2 is 2.04 bits per heavy atom. The molecular formula is C16H13BrN2O3S. The van der Waals surface area contributed by atoms with Gasteiger partial charge in [-0.15, -0.1) is 11.3 Å². The second kappa shape index (κ2) is 6.25. The fraction of sp³-hybridized carbons (Fsp3) is 0.188. The molecule has 0 bridgehead atoms. The minimum atomic E-state index is -0.720. The van der Waals surface area contributed by atoms with Crippen molar-refractivity contribution in [2.24, 2.45) is 0 Å². The van der Waals surface area contributed by atoms with Gasteiger partial charge in [0, 0.05) is 15.4 Å². The normalized spacial score (nSPS) is 12.3. The predicted octanol–water partition coefficient (Wildman–Crippen LogP) is 3.62. The van der Waals surface area contributed by atoms with E-state index in [2.05, 4.69) is 20.9 Å². The van der Waals surface area contributed by atoms with E-state index in [9.17, 15) is 9.59 Å². The Balaban J connectivity index is 2.20. The van der Waals surface area contributed by atoms with Crippen molar-refractivity contribution in [3.63, 3.8) is 0 Å². The molecule has 0 fully saturated rings. The average molecular weight is 393 g/mol. The van der Waals surface area contributed by atoms with Crippen LogP contribution in [0.3, 0.4) is 0 Å². The number of rotatable bonds is 3. The minimum Gasteiger partial charge on any atom is -0.467 e. The molecule has 0 aliphatic carbocycles. The van der Waals surface area contributed by atoms with Crippen LogP contribution >= 0.6 is 27.3 Å². The molecule has 2 heterocycles. The number of halogens is 1. The Morgan fingerprint density at radius 3 is 2.70 bits per heavy atom. The molecule has 0 aliphatic rings. The zero-order chi connectivity index (χ0) is 16.6. The number of carbonyl (C=O) groups excluding carboxylic acids is 1. The number of nitrogens with zero attached hydrogens (tertiary/aromatic N) is 2.